The molecule has 1 saturated heterocycles. The molecule has 2 aliphatic rings. The van der Waals surface area contributed by atoms with Crippen LogP contribution in [0.15, 0.2) is 48.5 Å². The van der Waals surface area contributed by atoms with E-state index in [0.29, 0.717) is 0 Å². The lowest BCUT2D eigenvalue weighted by atomic mass is 9.97. The van der Waals surface area contributed by atoms with Gasteiger partial charge in [-0.15, -0.1) is 0 Å². The van der Waals surface area contributed by atoms with Crippen molar-refractivity contribution in [3.8, 4) is 11.1 Å². The number of hydrogen-bond donors (Lipinski definition) is 1. The van der Waals surface area contributed by atoms with Gasteiger partial charge in [0.05, 0.1) is 11.2 Å². The van der Waals surface area contributed by atoms with Crippen molar-refractivity contribution in [1.82, 2.24) is 4.98 Å². The van der Waals surface area contributed by atoms with Gasteiger partial charge in [-0.2, -0.15) is 0 Å². The van der Waals surface area contributed by atoms with E-state index in [1.165, 1.54) is 52.7 Å². The van der Waals surface area contributed by atoms with E-state index >= 15 is 0 Å². The Morgan fingerprint density at radius 1 is 0.926 bits per heavy atom. The third-order valence-corrected chi connectivity index (χ3v) is 6.13. The highest BCUT2D eigenvalue weighted by Crippen LogP contribution is 2.38. The van der Waals surface area contributed by atoms with Crippen LogP contribution in [0.2, 0.25) is 0 Å². The third-order valence-electron chi connectivity index (χ3n) is 6.13. The Labute approximate surface area is 161 Å². The Kier molecular flexibility index (Phi) is 4.33. The van der Waals surface area contributed by atoms with Gasteiger partial charge in [-0.25, -0.2) is 0 Å². The van der Waals surface area contributed by atoms with E-state index in [-0.39, 0.29) is 6.04 Å². The molecule has 0 amide bonds. The van der Waals surface area contributed by atoms with Gasteiger partial charge in [0.15, 0.2) is 0 Å². The fourth-order valence-corrected chi connectivity index (χ4v) is 4.74. The summed E-state index contributed by atoms with van der Waals surface area (Å²) in [5, 5.41) is 1.30. The summed E-state index contributed by atoms with van der Waals surface area (Å²) in [5.41, 5.74) is 14.2. The minimum absolute atomic E-state index is 0.284. The maximum Gasteiger partial charge on any atom is 0.0726 e. The molecule has 1 aliphatic heterocycles. The van der Waals surface area contributed by atoms with Gasteiger partial charge in [0.1, 0.15) is 0 Å². The van der Waals surface area contributed by atoms with Crippen LogP contribution < -0.4 is 10.6 Å². The van der Waals surface area contributed by atoms with E-state index in [1.807, 2.05) is 0 Å². The summed E-state index contributed by atoms with van der Waals surface area (Å²) in [7, 11) is 0. The summed E-state index contributed by atoms with van der Waals surface area (Å²) in [6.45, 7) is 2.02. The molecule has 3 heteroatoms. The number of rotatable bonds is 2. The zero-order chi connectivity index (χ0) is 18.2. The second-order valence-corrected chi connectivity index (χ2v) is 8.04. The predicted octanol–water partition coefficient (Wildman–Crippen LogP) is 4.71. The number of aryl methyl sites for hydroxylation is 1. The lowest BCUT2D eigenvalue weighted by molar-refractivity contribution is 0.708. The maximum absolute atomic E-state index is 6.28. The lowest BCUT2D eigenvalue weighted by Crippen LogP contribution is -2.27. The molecule has 1 aromatic heterocycles. The molecule has 138 valence electrons. The Morgan fingerprint density at radius 3 is 2.59 bits per heavy atom. The van der Waals surface area contributed by atoms with Gasteiger partial charge in [-0.1, -0.05) is 42.8 Å². The lowest BCUT2D eigenvalue weighted by Gasteiger charge is -2.25. The van der Waals surface area contributed by atoms with Crippen molar-refractivity contribution in [3.05, 3.63) is 59.8 Å². The number of aromatic nitrogens is 1. The van der Waals surface area contributed by atoms with E-state index in [1.54, 1.807) is 0 Å². The Morgan fingerprint density at radius 2 is 1.78 bits per heavy atom. The molecule has 0 unspecified atom stereocenters. The van der Waals surface area contributed by atoms with Gasteiger partial charge >= 0.3 is 0 Å². The van der Waals surface area contributed by atoms with Crippen molar-refractivity contribution in [3.63, 3.8) is 0 Å². The molecule has 0 bridgehead atoms. The average Bonchev–Trinajstić information content (AvgIpc) is 2.99. The first kappa shape index (κ1) is 16.8. The second-order valence-electron chi connectivity index (χ2n) is 8.04. The first-order valence-corrected chi connectivity index (χ1v) is 10.3. The molecule has 5 rings (SSSR count). The SMILES string of the molecule is N[C@H]1CCN(c2c3c(nc4ccc(-c5ccccc5)cc24)CCCCC3)C1. The van der Waals surface area contributed by atoms with E-state index in [9.17, 15) is 0 Å². The second kappa shape index (κ2) is 6.97. The van der Waals surface area contributed by atoms with Gasteiger partial charge in [-0.05, 0) is 60.9 Å². The minimum Gasteiger partial charge on any atom is -0.369 e. The Hall–Kier alpha value is -2.39. The van der Waals surface area contributed by atoms with Gasteiger partial charge < -0.3 is 10.6 Å². The largest absolute Gasteiger partial charge is 0.369 e. The summed E-state index contributed by atoms with van der Waals surface area (Å²) < 4.78 is 0. The number of hydrogen-bond acceptors (Lipinski definition) is 3. The summed E-state index contributed by atoms with van der Waals surface area (Å²) in [4.78, 5) is 7.64. The van der Waals surface area contributed by atoms with Gasteiger partial charge in [0.25, 0.3) is 0 Å². The molecule has 3 nitrogen and oxygen atoms in total. The van der Waals surface area contributed by atoms with Crippen molar-refractivity contribution < 1.29 is 0 Å². The van der Waals surface area contributed by atoms with Gasteiger partial charge in [-0.3, -0.25) is 4.98 Å². The smallest absolute Gasteiger partial charge is 0.0726 e. The fourth-order valence-electron chi connectivity index (χ4n) is 4.74. The van der Waals surface area contributed by atoms with Crippen molar-refractivity contribution in [2.24, 2.45) is 5.73 Å². The van der Waals surface area contributed by atoms with Crippen LogP contribution in [0.3, 0.4) is 0 Å². The van der Waals surface area contributed by atoms with E-state index < -0.39 is 0 Å². The number of fused-ring (bicyclic) bond motifs is 2. The van der Waals surface area contributed by atoms with Crippen LogP contribution in [0.4, 0.5) is 5.69 Å². The normalized spacial score (nSPS) is 19.9. The van der Waals surface area contributed by atoms with Crippen LogP contribution in [0.25, 0.3) is 22.0 Å². The zero-order valence-corrected chi connectivity index (χ0v) is 15.8. The molecule has 1 fully saturated rings. The topological polar surface area (TPSA) is 42.1 Å². The molecular formula is C24H27N3. The fraction of sp³-hybridized carbons (Fsp3) is 0.375. The number of nitrogens with two attached hydrogens (primary N) is 1. The molecule has 2 aromatic carbocycles. The van der Waals surface area contributed by atoms with Crippen LogP contribution in [0, 0.1) is 0 Å². The standard InChI is InChI=1S/C24H27N3/c25-19-13-14-27(16-19)24-20-9-5-2-6-10-22(20)26-23-12-11-18(15-21(23)24)17-7-3-1-4-8-17/h1,3-4,7-8,11-12,15,19H,2,5-6,9-10,13-14,16,25H2/t19-/m0/s1. The molecule has 0 radical (unpaired) electrons. The van der Waals surface area contributed by atoms with Crippen molar-refractivity contribution >= 4 is 16.6 Å². The zero-order valence-electron chi connectivity index (χ0n) is 15.8. The Balaban J connectivity index is 1.73. The van der Waals surface area contributed by atoms with Crippen LogP contribution >= 0.6 is 0 Å². The van der Waals surface area contributed by atoms with Gasteiger partial charge in [0.2, 0.25) is 0 Å². The maximum atomic E-state index is 6.28. The molecule has 2 heterocycles. The minimum atomic E-state index is 0.284. The van der Waals surface area contributed by atoms with Crippen LogP contribution in [-0.2, 0) is 12.8 Å². The predicted molar refractivity (Wildman–Crippen MR) is 113 cm³/mol. The number of anilines is 1. The van der Waals surface area contributed by atoms with E-state index in [2.05, 4.69) is 53.4 Å². The summed E-state index contributed by atoms with van der Waals surface area (Å²) in [5.74, 6) is 0. The number of benzene rings is 2. The molecule has 1 aliphatic carbocycles. The Bertz CT molecular complexity index is 964. The average molecular weight is 358 g/mol. The summed E-state index contributed by atoms with van der Waals surface area (Å²) in [6.07, 6.45) is 7.17. The van der Waals surface area contributed by atoms with E-state index in [4.69, 9.17) is 10.7 Å². The highest BCUT2D eigenvalue weighted by Gasteiger charge is 2.26. The molecule has 0 saturated carbocycles. The van der Waals surface area contributed by atoms with Crippen LogP contribution in [-0.4, -0.2) is 24.1 Å². The highest BCUT2D eigenvalue weighted by atomic mass is 15.2. The molecular weight excluding hydrogens is 330 g/mol. The molecule has 3 aromatic rings. The quantitative estimate of drug-likeness (QED) is 0.676. The highest BCUT2D eigenvalue weighted by molar-refractivity contribution is 5.97. The molecule has 1 atom stereocenters. The number of nitrogens with zero attached hydrogens (tertiary/aromatic N) is 2. The summed E-state index contributed by atoms with van der Waals surface area (Å²) in [6, 6.07) is 17.7. The molecule has 2 N–H and O–H groups in total. The monoisotopic (exact) mass is 357 g/mol. The first-order chi connectivity index (χ1) is 13.3. The van der Waals surface area contributed by atoms with Crippen LogP contribution in [0.1, 0.15) is 36.9 Å². The van der Waals surface area contributed by atoms with Gasteiger partial charge in [0, 0.05) is 30.2 Å². The molecule has 27 heavy (non-hydrogen) atoms. The van der Waals surface area contributed by atoms with Crippen molar-refractivity contribution in [2.75, 3.05) is 18.0 Å². The van der Waals surface area contributed by atoms with Crippen molar-refractivity contribution in [1.29, 1.82) is 0 Å². The third kappa shape index (κ3) is 3.10. The van der Waals surface area contributed by atoms with Crippen molar-refractivity contribution in [2.45, 2.75) is 44.6 Å². The number of pyridine rings is 1. The van der Waals surface area contributed by atoms with Crippen LogP contribution in [0.5, 0.6) is 0 Å². The molecule has 0 spiro atoms. The first-order valence-electron chi connectivity index (χ1n) is 10.3. The summed E-state index contributed by atoms with van der Waals surface area (Å²) >= 11 is 0. The van der Waals surface area contributed by atoms with E-state index in [0.717, 1.165) is 37.9 Å².